The minimum absolute atomic E-state index is 0.0815. The number of aliphatic hydroxyl groups excluding tert-OH is 1. The Morgan fingerprint density at radius 3 is 2.65 bits per heavy atom. The lowest BCUT2D eigenvalue weighted by Gasteiger charge is -2.64. The highest BCUT2D eigenvalue weighted by atomic mass is 19.1. The maximum atomic E-state index is 17.8. The Labute approximate surface area is 235 Å². The van der Waals surface area contributed by atoms with Crippen molar-refractivity contribution in [3.8, 4) is 0 Å². The number of allylic oxidation sites excluding steroid dienone is 1. The Morgan fingerprint density at radius 1 is 1.20 bits per heavy atom. The summed E-state index contributed by atoms with van der Waals surface area (Å²) >= 11 is 0. The minimum atomic E-state index is -2.15. The van der Waals surface area contributed by atoms with Crippen LogP contribution >= 0.6 is 0 Å². The number of esters is 1. The molecule has 1 N–H and O–H groups in total. The number of alkyl halides is 1. The normalized spacial score (nSPS) is 43.1. The van der Waals surface area contributed by atoms with E-state index in [4.69, 9.17) is 14.2 Å². The molecule has 0 aromatic rings. The summed E-state index contributed by atoms with van der Waals surface area (Å²) in [6, 6.07) is 0. The number of Topliss-reactive ketones (excluding diaryl/α,β-unsaturated/α-hetero) is 1. The molecule has 40 heavy (non-hydrogen) atoms. The van der Waals surface area contributed by atoms with E-state index in [1.54, 1.807) is 13.8 Å². The van der Waals surface area contributed by atoms with Crippen molar-refractivity contribution in [2.45, 2.75) is 128 Å². The predicted octanol–water partition coefficient (Wildman–Crippen LogP) is 4.34. The van der Waals surface area contributed by atoms with E-state index in [1.165, 1.54) is 6.08 Å². The van der Waals surface area contributed by atoms with E-state index in [9.17, 15) is 24.3 Å². The van der Waals surface area contributed by atoms with Gasteiger partial charge in [0.05, 0.1) is 12.2 Å². The molecule has 0 aromatic heterocycles. The minimum Gasteiger partial charge on any atom is -0.458 e. The highest BCUT2D eigenvalue weighted by Crippen LogP contribution is 2.73. The van der Waals surface area contributed by atoms with Crippen molar-refractivity contribution in [1.29, 1.82) is 0 Å². The largest absolute Gasteiger partial charge is 0.458 e. The summed E-state index contributed by atoms with van der Waals surface area (Å²) in [6.45, 7) is 6.88. The molecule has 222 valence electrons. The Bertz CT molecular complexity index is 1120. The van der Waals surface area contributed by atoms with Crippen LogP contribution in [0.1, 0.15) is 98.3 Å². The molecule has 4 fully saturated rings. The van der Waals surface area contributed by atoms with Crippen LogP contribution in [0.15, 0.2) is 11.6 Å². The number of hydrogen-bond acceptors (Lipinski definition) is 8. The fourth-order valence-electron chi connectivity index (χ4n) is 9.35. The topological polar surface area (TPSA) is 116 Å². The summed E-state index contributed by atoms with van der Waals surface area (Å²) in [4.78, 5) is 50.6. The van der Waals surface area contributed by atoms with Crippen molar-refractivity contribution in [3.63, 3.8) is 0 Å². The Hall–Kier alpha value is -1.97. The molecular formula is C31H43FO8. The van der Waals surface area contributed by atoms with E-state index in [-0.39, 0.29) is 37.9 Å². The van der Waals surface area contributed by atoms with E-state index in [1.807, 2.05) is 13.8 Å². The first kappa shape index (κ1) is 29.5. The molecule has 0 amide bonds. The molecule has 0 unspecified atom stereocenters. The van der Waals surface area contributed by atoms with Crippen LogP contribution < -0.4 is 0 Å². The summed E-state index contributed by atoms with van der Waals surface area (Å²) in [5.74, 6) is -3.13. The average Bonchev–Trinajstić information content (AvgIpc) is 3.29. The fourth-order valence-corrected chi connectivity index (χ4v) is 9.35. The molecule has 0 spiro atoms. The number of ether oxygens (including phenoxy) is 3. The van der Waals surface area contributed by atoms with Crippen LogP contribution in [0.3, 0.4) is 0 Å². The van der Waals surface area contributed by atoms with Crippen molar-refractivity contribution in [1.82, 2.24) is 0 Å². The molecule has 8 nitrogen and oxygen atoms in total. The van der Waals surface area contributed by atoms with Gasteiger partial charge in [-0.2, -0.15) is 0 Å². The molecule has 0 radical (unpaired) electrons. The predicted molar refractivity (Wildman–Crippen MR) is 142 cm³/mol. The van der Waals surface area contributed by atoms with Gasteiger partial charge in [0.1, 0.15) is 12.0 Å². The molecule has 8 atom stereocenters. The number of hydrogen-bond donors (Lipinski definition) is 1. The zero-order valence-electron chi connectivity index (χ0n) is 24.1. The van der Waals surface area contributed by atoms with E-state index < -0.39 is 70.3 Å². The van der Waals surface area contributed by atoms with Crippen molar-refractivity contribution < 1.29 is 42.9 Å². The first-order chi connectivity index (χ1) is 18.8. The third-order valence-corrected chi connectivity index (χ3v) is 10.9. The van der Waals surface area contributed by atoms with Crippen molar-refractivity contribution >= 4 is 23.8 Å². The maximum Gasteiger partial charge on any atom is 0.306 e. The van der Waals surface area contributed by atoms with Gasteiger partial charge in [0.25, 0.3) is 0 Å². The smallest absolute Gasteiger partial charge is 0.306 e. The monoisotopic (exact) mass is 562 g/mol. The van der Waals surface area contributed by atoms with Crippen molar-refractivity contribution in [3.05, 3.63) is 11.6 Å². The van der Waals surface area contributed by atoms with E-state index in [2.05, 4.69) is 0 Å². The Morgan fingerprint density at radius 2 is 1.95 bits per heavy atom. The molecule has 5 rings (SSSR count). The van der Waals surface area contributed by atoms with Crippen LogP contribution in [0.25, 0.3) is 0 Å². The molecule has 9 heteroatoms. The first-order valence-corrected chi connectivity index (χ1v) is 14.9. The second-order valence-electron chi connectivity index (χ2n) is 13.4. The summed E-state index contributed by atoms with van der Waals surface area (Å²) in [7, 11) is 0. The van der Waals surface area contributed by atoms with Gasteiger partial charge in [-0.3, -0.25) is 14.4 Å². The number of fused-ring (bicyclic) bond motifs is 7. The molecular weight excluding hydrogens is 519 g/mol. The molecule has 0 bridgehead atoms. The SMILES string of the molecule is CCCCCC(=O)OCC(=O)[C@@]12OC(C)(C)O[C@@H]1C[C@H]1[C@@H]3CCC4=CC(=O)CC[C@@]4(CC=O)[C@@]3(F)[C@@H](O)C[C@@]12C. The Balaban J connectivity index is 1.50. The van der Waals surface area contributed by atoms with Gasteiger partial charge in [0.2, 0.25) is 5.78 Å². The quantitative estimate of drug-likeness (QED) is 0.251. The van der Waals surface area contributed by atoms with Gasteiger partial charge >= 0.3 is 5.97 Å². The second kappa shape index (κ2) is 10.1. The first-order valence-electron chi connectivity index (χ1n) is 14.9. The van der Waals surface area contributed by atoms with E-state index >= 15 is 4.39 Å². The lowest BCUT2D eigenvalue weighted by Crippen LogP contribution is -2.71. The third kappa shape index (κ3) is 4.01. The molecule has 5 aliphatic rings. The zero-order chi connectivity index (χ0) is 29.1. The number of rotatable bonds is 9. The molecule has 4 aliphatic carbocycles. The van der Waals surface area contributed by atoms with Gasteiger partial charge in [-0.15, -0.1) is 0 Å². The average molecular weight is 563 g/mol. The second-order valence-corrected chi connectivity index (χ2v) is 13.4. The summed E-state index contributed by atoms with van der Waals surface area (Å²) < 4.78 is 35.9. The van der Waals surface area contributed by atoms with Crippen molar-refractivity contribution in [2.75, 3.05) is 6.61 Å². The van der Waals surface area contributed by atoms with Crippen LogP contribution in [0.2, 0.25) is 0 Å². The maximum absolute atomic E-state index is 17.8. The standard InChI is InChI=1S/C31H43FO8/c1-5-6-7-8-26(37)38-18-24(36)31-25(39-27(2,3)40-31)16-22-21-10-9-19-15-20(34)11-12-29(19,13-14-33)30(21,32)23(35)17-28(22,31)4/h14-15,21-23,25,35H,5-13,16-18H2,1-4H3/t21-,22-,23-,25+,28-,29-,30-,31+/m0/s1. The summed E-state index contributed by atoms with van der Waals surface area (Å²) in [5.41, 5.74) is -5.32. The highest BCUT2D eigenvalue weighted by molar-refractivity contribution is 5.93. The lowest BCUT2D eigenvalue weighted by atomic mass is 9.42. The molecule has 1 aliphatic heterocycles. The van der Waals surface area contributed by atoms with Crippen LogP contribution in [0.5, 0.6) is 0 Å². The van der Waals surface area contributed by atoms with Crippen LogP contribution in [-0.2, 0) is 33.4 Å². The van der Waals surface area contributed by atoms with Gasteiger partial charge < -0.3 is 24.1 Å². The van der Waals surface area contributed by atoms with Crippen LogP contribution in [0, 0.1) is 22.7 Å². The van der Waals surface area contributed by atoms with Crippen molar-refractivity contribution in [2.24, 2.45) is 22.7 Å². The summed E-state index contributed by atoms with van der Waals surface area (Å²) in [6.07, 6.45) is 4.01. The number of aliphatic hydroxyl groups is 1. The molecule has 1 heterocycles. The number of carbonyl (C=O) groups excluding carboxylic acids is 4. The lowest BCUT2D eigenvalue weighted by molar-refractivity contribution is -0.253. The third-order valence-electron chi connectivity index (χ3n) is 10.9. The molecule has 1 saturated heterocycles. The van der Waals surface area contributed by atoms with Crippen LogP contribution in [0.4, 0.5) is 4.39 Å². The van der Waals surface area contributed by atoms with Gasteiger partial charge in [-0.1, -0.05) is 32.3 Å². The van der Waals surface area contributed by atoms with Gasteiger partial charge in [-0.25, -0.2) is 4.39 Å². The van der Waals surface area contributed by atoms with Crippen LogP contribution in [-0.4, -0.2) is 64.8 Å². The van der Waals surface area contributed by atoms with E-state index in [0.29, 0.717) is 37.5 Å². The number of unbranched alkanes of at least 4 members (excludes halogenated alkanes) is 2. The molecule has 0 aromatic carbocycles. The fraction of sp³-hybridized carbons (Fsp3) is 0.806. The number of carbonyl (C=O) groups is 4. The number of aldehydes is 1. The number of ketones is 2. The molecule has 3 saturated carbocycles. The Kier molecular flexibility index (Phi) is 7.44. The van der Waals surface area contributed by atoms with Gasteiger partial charge in [0, 0.05) is 36.0 Å². The van der Waals surface area contributed by atoms with Gasteiger partial charge in [0.15, 0.2) is 23.8 Å². The number of halogens is 1. The highest BCUT2D eigenvalue weighted by Gasteiger charge is 2.80. The van der Waals surface area contributed by atoms with E-state index in [0.717, 1.165) is 12.8 Å². The zero-order valence-corrected chi connectivity index (χ0v) is 24.1. The summed E-state index contributed by atoms with van der Waals surface area (Å²) in [5, 5.41) is 11.8. The van der Waals surface area contributed by atoms with Gasteiger partial charge in [-0.05, 0) is 64.4 Å².